The molecule has 1 aromatic rings. The lowest BCUT2D eigenvalue weighted by Crippen LogP contribution is -2.29. The molecule has 1 rings (SSSR count). The van der Waals surface area contributed by atoms with Gasteiger partial charge in [-0.05, 0) is 31.0 Å². The van der Waals surface area contributed by atoms with Crippen LogP contribution in [0.25, 0.3) is 0 Å². The minimum Gasteiger partial charge on any atom is -0.212 e. The summed E-state index contributed by atoms with van der Waals surface area (Å²) in [5.74, 6) is 0.157. The molecular formula is C13H18N2O2S. The van der Waals surface area contributed by atoms with E-state index in [1.54, 1.807) is 31.2 Å². The maximum absolute atomic E-state index is 11.7. The van der Waals surface area contributed by atoms with Crippen LogP contribution in [0.3, 0.4) is 0 Å². The van der Waals surface area contributed by atoms with Gasteiger partial charge in [-0.15, -0.1) is 0 Å². The van der Waals surface area contributed by atoms with E-state index in [1.165, 1.54) is 0 Å². The average molecular weight is 266 g/mol. The molecule has 1 atom stereocenters. The first-order valence-corrected chi connectivity index (χ1v) is 7.64. The maximum atomic E-state index is 11.7. The maximum Gasteiger partial charge on any atom is 0.212 e. The Kier molecular flexibility index (Phi) is 5.32. The molecule has 0 bridgehead atoms. The highest BCUT2D eigenvalue weighted by atomic mass is 32.2. The molecule has 0 fully saturated rings. The van der Waals surface area contributed by atoms with E-state index in [1.807, 2.05) is 13.0 Å². The second-order valence-electron chi connectivity index (χ2n) is 4.25. The van der Waals surface area contributed by atoms with E-state index in [4.69, 9.17) is 5.26 Å². The van der Waals surface area contributed by atoms with Gasteiger partial charge in [-0.2, -0.15) is 5.26 Å². The first-order valence-electron chi connectivity index (χ1n) is 5.98. The van der Waals surface area contributed by atoms with Gasteiger partial charge in [0.2, 0.25) is 10.0 Å². The van der Waals surface area contributed by atoms with Crippen LogP contribution in [0.5, 0.6) is 0 Å². The number of nitrogens with one attached hydrogen (secondary N) is 1. The van der Waals surface area contributed by atoms with Gasteiger partial charge in [-0.3, -0.25) is 0 Å². The highest BCUT2D eigenvalue weighted by Crippen LogP contribution is 2.14. The molecular weight excluding hydrogens is 248 g/mol. The molecule has 0 radical (unpaired) electrons. The SMILES string of the molecule is CCCCS(=O)(=O)N[C@@H](C)c1ccc(C#N)cc1. The average Bonchev–Trinajstić information content (AvgIpc) is 2.36. The van der Waals surface area contributed by atoms with E-state index in [0.29, 0.717) is 12.0 Å². The van der Waals surface area contributed by atoms with Crippen LogP contribution in [0.15, 0.2) is 24.3 Å². The molecule has 0 amide bonds. The van der Waals surface area contributed by atoms with Gasteiger partial charge in [-0.25, -0.2) is 13.1 Å². The lowest BCUT2D eigenvalue weighted by molar-refractivity contribution is 0.564. The van der Waals surface area contributed by atoms with Gasteiger partial charge in [0.1, 0.15) is 0 Å². The highest BCUT2D eigenvalue weighted by Gasteiger charge is 2.14. The predicted octanol–water partition coefficient (Wildman–Crippen LogP) is 2.34. The summed E-state index contributed by atoms with van der Waals surface area (Å²) >= 11 is 0. The number of nitriles is 1. The summed E-state index contributed by atoms with van der Waals surface area (Å²) < 4.78 is 26.1. The Hall–Kier alpha value is -1.38. The molecule has 0 unspecified atom stereocenters. The molecule has 0 saturated carbocycles. The molecule has 4 nitrogen and oxygen atoms in total. The number of benzene rings is 1. The molecule has 0 saturated heterocycles. The summed E-state index contributed by atoms with van der Waals surface area (Å²) in [5.41, 5.74) is 1.42. The summed E-state index contributed by atoms with van der Waals surface area (Å²) in [6.45, 7) is 3.75. The predicted molar refractivity (Wildman–Crippen MR) is 71.4 cm³/mol. The number of hydrogen-bond acceptors (Lipinski definition) is 3. The van der Waals surface area contributed by atoms with Crippen molar-refractivity contribution < 1.29 is 8.42 Å². The Bertz CT molecular complexity index is 515. The second kappa shape index (κ2) is 6.53. The molecule has 5 heteroatoms. The molecule has 0 spiro atoms. The van der Waals surface area contributed by atoms with Gasteiger partial charge < -0.3 is 0 Å². The number of rotatable bonds is 6. The van der Waals surface area contributed by atoms with Gasteiger partial charge in [-0.1, -0.05) is 25.5 Å². The Morgan fingerprint density at radius 3 is 2.44 bits per heavy atom. The van der Waals surface area contributed by atoms with E-state index >= 15 is 0 Å². The molecule has 18 heavy (non-hydrogen) atoms. The van der Waals surface area contributed by atoms with Crippen LogP contribution in [-0.2, 0) is 10.0 Å². The monoisotopic (exact) mass is 266 g/mol. The van der Waals surface area contributed by atoms with Crippen molar-refractivity contribution >= 4 is 10.0 Å². The minimum absolute atomic E-state index is 0.157. The Morgan fingerprint density at radius 2 is 1.94 bits per heavy atom. The number of nitrogens with zero attached hydrogens (tertiary/aromatic N) is 1. The molecule has 0 aliphatic heterocycles. The molecule has 1 N–H and O–H groups in total. The normalized spacial score (nSPS) is 12.9. The van der Waals surface area contributed by atoms with Crippen LogP contribution >= 0.6 is 0 Å². The van der Waals surface area contributed by atoms with Crippen molar-refractivity contribution in [3.8, 4) is 6.07 Å². The van der Waals surface area contributed by atoms with Crippen LogP contribution in [0.2, 0.25) is 0 Å². The Labute approximate surface area is 109 Å². The lowest BCUT2D eigenvalue weighted by atomic mass is 10.1. The zero-order valence-corrected chi connectivity index (χ0v) is 11.5. The Morgan fingerprint density at radius 1 is 1.33 bits per heavy atom. The smallest absolute Gasteiger partial charge is 0.212 e. The molecule has 0 aliphatic carbocycles. The van der Waals surface area contributed by atoms with Crippen molar-refractivity contribution in [2.45, 2.75) is 32.7 Å². The number of sulfonamides is 1. The molecule has 0 aromatic heterocycles. The van der Waals surface area contributed by atoms with Crippen LogP contribution in [-0.4, -0.2) is 14.2 Å². The van der Waals surface area contributed by atoms with Crippen molar-refractivity contribution in [2.75, 3.05) is 5.75 Å². The molecule has 98 valence electrons. The van der Waals surface area contributed by atoms with E-state index in [0.717, 1.165) is 12.0 Å². The van der Waals surface area contributed by atoms with E-state index < -0.39 is 10.0 Å². The first kappa shape index (κ1) is 14.7. The summed E-state index contributed by atoms with van der Waals surface area (Å²) in [6, 6.07) is 8.66. The zero-order valence-electron chi connectivity index (χ0n) is 10.7. The van der Waals surface area contributed by atoms with Crippen molar-refractivity contribution in [3.05, 3.63) is 35.4 Å². The summed E-state index contributed by atoms with van der Waals surface area (Å²) in [5, 5.41) is 8.69. The quantitative estimate of drug-likeness (QED) is 0.859. The first-order chi connectivity index (χ1) is 8.48. The minimum atomic E-state index is -3.22. The highest BCUT2D eigenvalue weighted by molar-refractivity contribution is 7.89. The van der Waals surface area contributed by atoms with Crippen LogP contribution in [0.4, 0.5) is 0 Å². The van der Waals surface area contributed by atoms with Crippen molar-refractivity contribution in [1.82, 2.24) is 4.72 Å². The van der Waals surface area contributed by atoms with Gasteiger partial charge in [0.15, 0.2) is 0 Å². The fourth-order valence-corrected chi connectivity index (χ4v) is 3.04. The topological polar surface area (TPSA) is 70.0 Å². The molecule has 0 aliphatic rings. The molecule has 0 heterocycles. The van der Waals surface area contributed by atoms with Crippen LogP contribution in [0, 0.1) is 11.3 Å². The van der Waals surface area contributed by atoms with Crippen LogP contribution < -0.4 is 4.72 Å². The lowest BCUT2D eigenvalue weighted by Gasteiger charge is -2.14. The summed E-state index contributed by atoms with van der Waals surface area (Å²) in [7, 11) is -3.22. The third kappa shape index (κ3) is 4.47. The van der Waals surface area contributed by atoms with E-state index in [9.17, 15) is 8.42 Å². The summed E-state index contributed by atoms with van der Waals surface area (Å²) in [4.78, 5) is 0. The van der Waals surface area contributed by atoms with Crippen molar-refractivity contribution in [1.29, 1.82) is 5.26 Å². The fourth-order valence-electron chi connectivity index (χ4n) is 1.58. The van der Waals surface area contributed by atoms with Gasteiger partial charge in [0.05, 0.1) is 17.4 Å². The summed E-state index contributed by atoms with van der Waals surface area (Å²) in [6.07, 6.45) is 1.52. The second-order valence-corrected chi connectivity index (χ2v) is 6.12. The Balaban J connectivity index is 2.70. The van der Waals surface area contributed by atoms with Gasteiger partial charge in [0.25, 0.3) is 0 Å². The largest absolute Gasteiger partial charge is 0.212 e. The fraction of sp³-hybridized carbons (Fsp3) is 0.462. The number of unbranched alkanes of at least 4 members (excludes halogenated alkanes) is 1. The van der Waals surface area contributed by atoms with Crippen molar-refractivity contribution in [3.63, 3.8) is 0 Å². The van der Waals surface area contributed by atoms with E-state index in [-0.39, 0.29) is 11.8 Å². The molecule has 1 aromatic carbocycles. The van der Waals surface area contributed by atoms with E-state index in [2.05, 4.69) is 4.72 Å². The van der Waals surface area contributed by atoms with Crippen molar-refractivity contribution in [2.24, 2.45) is 0 Å². The number of hydrogen-bond donors (Lipinski definition) is 1. The standard InChI is InChI=1S/C13H18N2O2S/c1-3-4-9-18(16,17)15-11(2)13-7-5-12(10-14)6-8-13/h5-8,11,15H,3-4,9H2,1-2H3/t11-/m0/s1. The third-order valence-electron chi connectivity index (χ3n) is 2.66. The van der Waals surface area contributed by atoms with Crippen LogP contribution in [0.1, 0.15) is 43.9 Å². The van der Waals surface area contributed by atoms with Gasteiger partial charge in [0, 0.05) is 6.04 Å². The van der Waals surface area contributed by atoms with Gasteiger partial charge >= 0.3 is 0 Å². The zero-order chi connectivity index (χ0) is 13.6. The third-order valence-corrected chi connectivity index (χ3v) is 4.20.